The summed E-state index contributed by atoms with van der Waals surface area (Å²) in [5.74, 6) is -3.02. The fraction of sp³-hybridized carbons (Fsp3) is 0.467. The molecule has 2 fully saturated rings. The van der Waals surface area contributed by atoms with Crippen LogP contribution in [0.5, 0.6) is 0 Å². The summed E-state index contributed by atoms with van der Waals surface area (Å²) in [5.41, 5.74) is 0.405. The lowest BCUT2D eigenvalue weighted by atomic mass is 9.78. The van der Waals surface area contributed by atoms with Gasteiger partial charge in [0.1, 0.15) is 0 Å². The highest BCUT2D eigenvalue weighted by molar-refractivity contribution is 7.89. The van der Waals surface area contributed by atoms with E-state index in [-0.39, 0.29) is 11.0 Å². The predicted molar refractivity (Wildman–Crippen MR) is 83.8 cm³/mol. The third kappa shape index (κ3) is 2.90. The van der Waals surface area contributed by atoms with E-state index in [1.807, 2.05) is 0 Å². The minimum atomic E-state index is -3.55. The number of aliphatic carboxylic acids is 1. The molecule has 2 heterocycles. The topological polar surface area (TPSA) is 122 Å². The monoisotopic (exact) mass is 354 g/mol. The lowest BCUT2D eigenvalue weighted by Gasteiger charge is -2.23. The molecule has 0 spiro atoms. The Morgan fingerprint density at radius 1 is 1.12 bits per heavy atom. The van der Waals surface area contributed by atoms with Crippen LogP contribution in [0.15, 0.2) is 29.2 Å². The number of carbonyl (C=O) groups is 2. The number of nitrogens with one attached hydrogen (secondary N) is 2. The lowest BCUT2D eigenvalue weighted by molar-refractivity contribution is -0.147. The Hall–Kier alpha value is -1.97. The molecular formula is C15H18N2O6S. The second kappa shape index (κ2) is 6.15. The average Bonchev–Trinajstić information content (AvgIpc) is 3.16. The summed E-state index contributed by atoms with van der Waals surface area (Å²) in [6, 6.07) is 5.67. The van der Waals surface area contributed by atoms with E-state index in [4.69, 9.17) is 4.74 Å². The standard InChI is InChI=1S/C15H18N2O6S/c1-16-24(21,22)9-4-2-8(3-5-9)17-14(18)12-10-6-7-11(23-10)13(12)15(19)20/h2-5,10-13,16H,6-7H2,1H3,(H,17,18)(H,19,20)/t10-,11-,12-,13-/m1/s1. The minimum absolute atomic E-state index is 0.0784. The molecule has 3 rings (SSSR count). The molecule has 1 aromatic carbocycles. The summed E-state index contributed by atoms with van der Waals surface area (Å²) in [7, 11) is -2.23. The van der Waals surface area contributed by atoms with Crippen molar-refractivity contribution in [3.8, 4) is 0 Å². The van der Waals surface area contributed by atoms with Crippen LogP contribution in [0.25, 0.3) is 0 Å². The number of carboxylic acid groups (broad SMARTS) is 1. The van der Waals surface area contributed by atoms with Crippen molar-refractivity contribution < 1.29 is 27.9 Å². The normalized spacial score (nSPS) is 28.7. The van der Waals surface area contributed by atoms with Gasteiger partial charge in [-0.25, -0.2) is 13.1 Å². The van der Waals surface area contributed by atoms with Gasteiger partial charge >= 0.3 is 5.97 Å². The van der Waals surface area contributed by atoms with Crippen molar-refractivity contribution in [1.82, 2.24) is 4.72 Å². The number of sulfonamides is 1. The third-order valence-electron chi connectivity index (χ3n) is 4.56. The maximum atomic E-state index is 12.5. The highest BCUT2D eigenvalue weighted by Crippen LogP contribution is 2.44. The summed E-state index contributed by atoms with van der Waals surface area (Å²) in [6.45, 7) is 0. The van der Waals surface area contributed by atoms with Crippen LogP contribution in [0.4, 0.5) is 5.69 Å². The van der Waals surface area contributed by atoms with Gasteiger partial charge in [0.05, 0.1) is 28.9 Å². The SMILES string of the molecule is CNS(=O)(=O)c1ccc(NC(=O)[C@H]2[C@H](C(=O)O)[C@H]3CC[C@H]2O3)cc1. The zero-order chi connectivity index (χ0) is 17.5. The second-order valence-corrected chi connectivity index (χ2v) is 7.79. The molecule has 130 valence electrons. The van der Waals surface area contributed by atoms with Crippen molar-refractivity contribution in [3.63, 3.8) is 0 Å². The molecule has 2 aliphatic rings. The highest BCUT2D eigenvalue weighted by atomic mass is 32.2. The van der Waals surface area contributed by atoms with Crippen LogP contribution in [0.2, 0.25) is 0 Å². The zero-order valence-electron chi connectivity index (χ0n) is 12.9. The van der Waals surface area contributed by atoms with E-state index < -0.39 is 39.8 Å². The molecule has 2 saturated heterocycles. The predicted octanol–water partition coefficient (Wildman–Crippen LogP) is 0.411. The fourth-order valence-electron chi connectivity index (χ4n) is 3.39. The van der Waals surface area contributed by atoms with Crippen molar-refractivity contribution in [1.29, 1.82) is 0 Å². The van der Waals surface area contributed by atoms with E-state index in [1.165, 1.54) is 31.3 Å². The minimum Gasteiger partial charge on any atom is -0.481 e. The summed E-state index contributed by atoms with van der Waals surface area (Å²) >= 11 is 0. The second-order valence-electron chi connectivity index (χ2n) is 5.90. The van der Waals surface area contributed by atoms with Crippen LogP contribution in [0.1, 0.15) is 12.8 Å². The Kier molecular flexibility index (Phi) is 4.33. The maximum Gasteiger partial charge on any atom is 0.310 e. The van der Waals surface area contributed by atoms with Crippen molar-refractivity contribution in [3.05, 3.63) is 24.3 Å². The quantitative estimate of drug-likeness (QED) is 0.704. The van der Waals surface area contributed by atoms with Gasteiger partial charge in [0.2, 0.25) is 15.9 Å². The molecule has 0 aliphatic carbocycles. The molecule has 8 nitrogen and oxygen atoms in total. The van der Waals surface area contributed by atoms with Crippen LogP contribution in [-0.2, 0) is 24.3 Å². The number of ether oxygens (including phenoxy) is 1. The number of anilines is 1. The lowest BCUT2D eigenvalue weighted by Crippen LogP contribution is -2.40. The fourth-order valence-corrected chi connectivity index (χ4v) is 4.12. The Balaban J connectivity index is 1.74. The molecule has 0 aromatic heterocycles. The van der Waals surface area contributed by atoms with Crippen molar-refractivity contribution in [2.24, 2.45) is 11.8 Å². The van der Waals surface area contributed by atoms with E-state index >= 15 is 0 Å². The number of amides is 1. The number of hydrogen-bond donors (Lipinski definition) is 3. The molecular weight excluding hydrogens is 336 g/mol. The molecule has 2 bridgehead atoms. The Labute approximate surface area is 139 Å². The number of rotatable bonds is 5. The van der Waals surface area contributed by atoms with Crippen LogP contribution >= 0.6 is 0 Å². The van der Waals surface area contributed by atoms with E-state index in [1.54, 1.807) is 0 Å². The molecule has 4 atom stereocenters. The summed E-state index contributed by atoms with van der Waals surface area (Å²) in [6.07, 6.45) is 0.542. The van der Waals surface area contributed by atoms with Gasteiger partial charge in [0.15, 0.2) is 0 Å². The number of fused-ring (bicyclic) bond motifs is 2. The van der Waals surface area contributed by atoms with Gasteiger partial charge < -0.3 is 15.2 Å². The summed E-state index contributed by atoms with van der Waals surface area (Å²) in [5, 5.41) is 12.0. The van der Waals surface area contributed by atoms with Crippen LogP contribution in [0.3, 0.4) is 0 Å². The first-order valence-corrected chi connectivity index (χ1v) is 9.04. The number of benzene rings is 1. The van der Waals surface area contributed by atoms with E-state index in [0.29, 0.717) is 18.5 Å². The van der Waals surface area contributed by atoms with Crippen molar-refractivity contribution >= 4 is 27.6 Å². The molecule has 0 saturated carbocycles. The molecule has 0 radical (unpaired) electrons. The van der Waals surface area contributed by atoms with Gasteiger partial charge in [0, 0.05) is 5.69 Å². The molecule has 3 N–H and O–H groups in total. The Bertz CT molecular complexity index is 761. The molecule has 2 aliphatic heterocycles. The molecule has 0 unspecified atom stereocenters. The average molecular weight is 354 g/mol. The first kappa shape index (κ1) is 16.9. The number of carboxylic acids is 1. The number of carbonyl (C=O) groups excluding carboxylic acids is 1. The first-order valence-electron chi connectivity index (χ1n) is 7.56. The van der Waals surface area contributed by atoms with Gasteiger partial charge in [-0.3, -0.25) is 9.59 Å². The Morgan fingerprint density at radius 3 is 2.25 bits per heavy atom. The van der Waals surface area contributed by atoms with E-state index in [2.05, 4.69) is 10.0 Å². The van der Waals surface area contributed by atoms with Crippen LogP contribution in [-0.4, -0.2) is 44.7 Å². The van der Waals surface area contributed by atoms with E-state index in [0.717, 1.165) is 0 Å². The van der Waals surface area contributed by atoms with E-state index in [9.17, 15) is 23.1 Å². The molecule has 1 aromatic rings. The maximum absolute atomic E-state index is 12.5. The first-order chi connectivity index (χ1) is 11.3. The number of hydrogen-bond acceptors (Lipinski definition) is 5. The van der Waals surface area contributed by atoms with Gasteiger partial charge in [-0.15, -0.1) is 0 Å². The van der Waals surface area contributed by atoms with Crippen molar-refractivity contribution in [2.45, 2.75) is 29.9 Å². The third-order valence-corrected chi connectivity index (χ3v) is 5.99. The summed E-state index contributed by atoms with van der Waals surface area (Å²) in [4.78, 5) is 24.0. The Morgan fingerprint density at radius 2 is 1.71 bits per heavy atom. The van der Waals surface area contributed by atoms with Crippen LogP contribution < -0.4 is 10.0 Å². The molecule has 1 amide bonds. The largest absolute Gasteiger partial charge is 0.481 e. The van der Waals surface area contributed by atoms with Gasteiger partial charge in [0.25, 0.3) is 0 Å². The van der Waals surface area contributed by atoms with Crippen molar-refractivity contribution in [2.75, 3.05) is 12.4 Å². The van der Waals surface area contributed by atoms with Gasteiger partial charge in [-0.05, 0) is 44.2 Å². The van der Waals surface area contributed by atoms with Gasteiger partial charge in [-0.2, -0.15) is 0 Å². The highest BCUT2D eigenvalue weighted by Gasteiger charge is 2.55. The molecule has 9 heteroatoms. The van der Waals surface area contributed by atoms with Gasteiger partial charge in [-0.1, -0.05) is 0 Å². The summed E-state index contributed by atoms with van der Waals surface area (Å²) < 4.78 is 31.1. The smallest absolute Gasteiger partial charge is 0.310 e. The molecule has 24 heavy (non-hydrogen) atoms. The zero-order valence-corrected chi connectivity index (χ0v) is 13.7. The van der Waals surface area contributed by atoms with Crippen LogP contribution in [0, 0.1) is 11.8 Å².